The Morgan fingerprint density at radius 1 is 1.41 bits per heavy atom. The van der Waals surface area contributed by atoms with Crippen LogP contribution in [0.5, 0.6) is 5.75 Å². The fourth-order valence-corrected chi connectivity index (χ4v) is 1.36. The number of halogens is 2. The molecule has 0 bridgehead atoms. The fraction of sp³-hybridized carbons (Fsp3) is 0.417. The van der Waals surface area contributed by atoms with Crippen molar-refractivity contribution in [2.75, 3.05) is 6.61 Å². The number of hydrogen-bond donors (Lipinski definition) is 1. The van der Waals surface area contributed by atoms with Gasteiger partial charge >= 0.3 is 5.97 Å². The summed E-state index contributed by atoms with van der Waals surface area (Å²) in [6.45, 7) is 4.86. The molecule has 0 unspecified atom stereocenters. The monoisotopic (exact) mass is 244 g/mol. The second kappa shape index (κ2) is 4.69. The van der Waals surface area contributed by atoms with Crippen LogP contribution in [-0.2, 0) is 14.9 Å². The number of carbonyl (C=O) groups is 1. The van der Waals surface area contributed by atoms with Gasteiger partial charge in [0.1, 0.15) is 0 Å². The molecular formula is C12H14F2O3. The molecule has 0 saturated carbocycles. The molecule has 0 aliphatic carbocycles. The molecule has 0 amide bonds. The van der Waals surface area contributed by atoms with Gasteiger partial charge in [-0.15, -0.1) is 0 Å². The Morgan fingerprint density at radius 2 is 2.00 bits per heavy atom. The summed E-state index contributed by atoms with van der Waals surface area (Å²) in [5, 5.41) is 9.19. The van der Waals surface area contributed by atoms with Crippen LogP contribution in [0.25, 0.3) is 0 Å². The number of phenols is 1. The minimum atomic E-state index is -1.33. The molecule has 1 rings (SSSR count). The highest BCUT2D eigenvalue weighted by Gasteiger charge is 2.33. The van der Waals surface area contributed by atoms with Crippen molar-refractivity contribution in [1.82, 2.24) is 0 Å². The summed E-state index contributed by atoms with van der Waals surface area (Å²) in [7, 11) is 0. The molecule has 0 spiro atoms. The van der Waals surface area contributed by atoms with Crippen molar-refractivity contribution in [2.45, 2.75) is 26.2 Å². The van der Waals surface area contributed by atoms with Gasteiger partial charge in [0.2, 0.25) is 0 Å². The summed E-state index contributed by atoms with van der Waals surface area (Å²) >= 11 is 0. The molecule has 1 N–H and O–H groups in total. The third kappa shape index (κ3) is 2.54. The Labute approximate surface area is 98.0 Å². The lowest BCUT2D eigenvalue weighted by molar-refractivity contribution is -0.148. The van der Waals surface area contributed by atoms with E-state index < -0.39 is 28.8 Å². The molecule has 0 atom stereocenters. The van der Waals surface area contributed by atoms with Crippen molar-refractivity contribution < 1.29 is 23.4 Å². The van der Waals surface area contributed by atoms with Crippen LogP contribution in [0.2, 0.25) is 0 Å². The number of phenolic OH excluding ortho intramolecular Hbond substituents is 1. The van der Waals surface area contributed by atoms with Crippen LogP contribution in [0.4, 0.5) is 8.78 Å². The smallest absolute Gasteiger partial charge is 0.315 e. The maximum atomic E-state index is 13.1. The summed E-state index contributed by atoms with van der Waals surface area (Å²) in [6, 6.07) is 1.90. The second-order valence-corrected chi connectivity index (χ2v) is 4.14. The Kier molecular flexibility index (Phi) is 3.70. The van der Waals surface area contributed by atoms with Gasteiger partial charge in [0, 0.05) is 0 Å². The molecule has 5 heteroatoms. The molecule has 0 aromatic heterocycles. The molecule has 1 aromatic rings. The molecule has 3 nitrogen and oxygen atoms in total. The molecule has 1 aromatic carbocycles. The lowest BCUT2D eigenvalue weighted by atomic mass is 9.84. The van der Waals surface area contributed by atoms with Crippen LogP contribution < -0.4 is 0 Å². The molecular weight excluding hydrogens is 230 g/mol. The predicted molar refractivity (Wildman–Crippen MR) is 57.7 cm³/mol. The molecule has 94 valence electrons. The van der Waals surface area contributed by atoms with Gasteiger partial charge in [-0.25, -0.2) is 4.39 Å². The highest BCUT2D eigenvalue weighted by atomic mass is 19.2. The zero-order chi connectivity index (χ0) is 13.2. The van der Waals surface area contributed by atoms with E-state index in [2.05, 4.69) is 0 Å². The van der Waals surface area contributed by atoms with E-state index >= 15 is 0 Å². The molecule has 17 heavy (non-hydrogen) atoms. The van der Waals surface area contributed by atoms with Crippen LogP contribution >= 0.6 is 0 Å². The normalized spacial score (nSPS) is 11.4. The van der Waals surface area contributed by atoms with E-state index in [1.165, 1.54) is 13.8 Å². The Morgan fingerprint density at radius 3 is 2.47 bits per heavy atom. The Balaban J connectivity index is 3.19. The number of esters is 1. The van der Waals surface area contributed by atoms with Crippen molar-refractivity contribution in [1.29, 1.82) is 0 Å². The molecule has 0 fully saturated rings. The number of rotatable bonds is 3. The maximum absolute atomic E-state index is 13.1. The van der Waals surface area contributed by atoms with E-state index in [1.54, 1.807) is 6.92 Å². The summed E-state index contributed by atoms with van der Waals surface area (Å²) in [6.07, 6.45) is 0. The number of carbonyl (C=O) groups excluding carboxylic acids is 1. The summed E-state index contributed by atoms with van der Waals surface area (Å²) < 4.78 is 30.9. The van der Waals surface area contributed by atoms with E-state index in [9.17, 15) is 18.7 Å². The zero-order valence-corrected chi connectivity index (χ0v) is 9.88. The lowest BCUT2D eigenvalue weighted by Crippen LogP contribution is -2.31. The molecule has 0 radical (unpaired) electrons. The summed E-state index contributed by atoms with van der Waals surface area (Å²) in [4.78, 5) is 11.7. The third-order valence-electron chi connectivity index (χ3n) is 2.52. The van der Waals surface area contributed by atoms with Gasteiger partial charge in [-0.05, 0) is 38.5 Å². The fourth-order valence-electron chi connectivity index (χ4n) is 1.36. The van der Waals surface area contributed by atoms with Crippen LogP contribution in [0.1, 0.15) is 26.3 Å². The number of aromatic hydroxyl groups is 1. The van der Waals surface area contributed by atoms with Gasteiger partial charge in [0.25, 0.3) is 0 Å². The Bertz CT molecular complexity index is 418. The van der Waals surface area contributed by atoms with Gasteiger partial charge < -0.3 is 9.84 Å². The minimum Gasteiger partial charge on any atom is -0.505 e. The molecule has 0 aliphatic rings. The predicted octanol–water partition coefficient (Wildman–Crippen LogP) is 2.51. The van der Waals surface area contributed by atoms with E-state index in [1.807, 2.05) is 0 Å². The standard InChI is InChI=1S/C12H14F2O3/c1-4-17-11(16)12(2,3)7-5-8(13)10(14)9(15)6-7/h5-6,15H,4H2,1-3H3. The second-order valence-electron chi connectivity index (χ2n) is 4.14. The van der Waals surface area contributed by atoms with Gasteiger partial charge in [0.15, 0.2) is 17.4 Å². The van der Waals surface area contributed by atoms with Gasteiger partial charge in [-0.3, -0.25) is 4.79 Å². The molecule has 0 saturated heterocycles. The summed E-state index contributed by atoms with van der Waals surface area (Å²) in [5.74, 6) is -3.91. The first-order valence-electron chi connectivity index (χ1n) is 5.16. The first kappa shape index (κ1) is 13.4. The van der Waals surface area contributed by atoms with Crippen LogP contribution in [0.3, 0.4) is 0 Å². The van der Waals surface area contributed by atoms with Crippen molar-refractivity contribution >= 4 is 5.97 Å². The van der Waals surface area contributed by atoms with Gasteiger partial charge in [-0.1, -0.05) is 0 Å². The SMILES string of the molecule is CCOC(=O)C(C)(C)c1cc(O)c(F)c(F)c1. The van der Waals surface area contributed by atoms with Crippen molar-refractivity contribution in [2.24, 2.45) is 0 Å². The van der Waals surface area contributed by atoms with Crippen LogP contribution in [0.15, 0.2) is 12.1 Å². The number of hydrogen-bond acceptors (Lipinski definition) is 3. The summed E-state index contributed by atoms with van der Waals surface area (Å²) in [5.41, 5.74) is -0.991. The largest absolute Gasteiger partial charge is 0.505 e. The van der Waals surface area contributed by atoms with Crippen LogP contribution in [-0.4, -0.2) is 17.7 Å². The van der Waals surface area contributed by atoms with Crippen molar-refractivity contribution in [3.63, 3.8) is 0 Å². The number of benzene rings is 1. The minimum absolute atomic E-state index is 0.160. The maximum Gasteiger partial charge on any atom is 0.315 e. The quantitative estimate of drug-likeness (QED) is 0.831. The average molecular weight is 244 g/mol. The van der Waals surface area contributed by atoms with Crippen molar-refractivity contribution in [3.8, 4) is 5.75 Å². The first-order chi connectivity index (χ1) is 7.80. The highest BCUT2D eigenvalue weighted by molar-refractivity contribution is 5.82. The molecule has 0 heterocycles. The first-order valence-corrected chi connectivity index (χ1v) is 5.16. The van der Waals surface area contributed by atoms with Gasteiger partial charge in [-0.2, -0.15) is 4.39 Å². The molecule has 0 aliphatic heterocycles. The Hall–Kier alpha value is -1.65. The zero-order valence-electron chi connectivity index (χ0n) is 9.88. The third-order valence-corrected chi connectivity index (χ3v) is 2.52. The number of ether oxygens (including phenoxy) is 1. The van der Waals surface area contributed by atoms with E-state index in [0.717, 1.165) is 12.1 Å². The average Bonchev–Trinajstić information content (AvgIpc) is 2.25. The lowest BCUT2D eigenvalue weighted by Gasteiger charge is -2.23. The van der Waals surface area contributed by atoms with Gasteiger partial charge in [0.05, 0.1) is 12.0 Å². The van der Waals surface area contributed by atoms with E-state index in [-0.39, 0.29) is 12.2 Å². The van der Waals surface area contributed by atoms with E-state index in [4.69, 9.17) is 4.74 Å². The van der Waals surface area contributed by atoms with Crippen LogP contribution in [0, 0.1) is 11.6 Å². The van der Waals surface area contributed by atoms with E-state index in [0.29, 0.717) is 0 Å². The van der Waals surface area contributed by atoms with Crippen molar-refractivity contribution in [3.05, 3.63) is 29.3 Å². The highest BCUT2D eigenvalue weighted by Crippen LogP contribution is 2.30. The topological polar surface area (TPSA) is 46.5 Å².